The molecule has 4 rings (SSSR count). The van der Waals surface area contributed by atoms with Crippen molar-refractivity contribution >= 4 is 11.6 Å². The Morgan fingerprint density at radius 1 is 0.931 bits per heavy atom. The second kappa shape index (κ2) is 8.82. The maximum atomic E-state index is 13.0. The molecule has 1 aliphatic rings. The van der Waals surface area contributed by atoms with Gasteiger partial charge in [-0.15, -0.1) is 0 Å². The van der Waals surface area contributed by atoms with Crippen molar-refractivity contribution < 1.29 is 9.53 Å². The van der Waals surface area contributed by atoms with E-state index in [0.717, 1.165) is 35.4 Å². The van der Waals surface area contributed by atoms with Crippen LogP contribution < -0.4 is 10.1 Å². The number of rotatable bonds is 7. The molecule has 0 aliphatic carbocycles. The maximum absolute atomic E-state index is 13.0. The molecule has 4 heteroatoms. The summed E-state index contributed by atoms with van der Waals surface area (Å²) in [6.07, 6.45) is 1.62. The van der Waals surface area contributed by atoms with E-state index in [2.05, 4.69) is 24.4 Å². The number of nitrogens with zero attached hydrogens (tertiary/aromatic N) is 1. The van der Waals surface area contributed by atoms with Crippen molar-refractivity contribution in [3.05, 3.63) is 95.6 Å². The Bertz CT molecular complexity index is 954. The lowest BCUT2D eigenvalue weighted by Crippen LogP contribution is -2.43. The Morgan fingerprint density at radius 3 is 2.41 bits per heavy atom. The molecule has 1 heterocycles. The van der Waals surface area contributed by atoms with Gasteiger partial charge in [0.1, 0.15) is 11.9 Å². The fourth-order valence-corrected chi connectivity index (χ4v) is 3.71. The third-order valence-electron chi connectivity index (χ3n) is 5.18. The van der Waals surface area contributed by atoms with Crippen LogP contribution in [0.1, 0.15) is 41.0 Å². The minimum atomic E-state index is -0.171. The van der Waals surface area contributed by atoms with Crippen LogP contribution in [0.3, 0.4) is 0 Å². The summed E-state index contributed by atoms with van der Waals surface area (Å²) in [4.78, 5) is 14.9. The van der Waals surface area contributed by atoms with Gasteiger partial charge in [0.05, 0.1) is 12.2 Å². The number of carbonyl (C=O) groups is 1. The number of hydrogen-bond acceptors (Lipinski definition) is 3. The Balaban J connectivity index is 1.46. The number of hydrogen-bond donors (Lipinski definition) is 1. The second-order valence-corrected chi connectivity index (χ2v) is 7.24. The second-order valence-electron chi connectivity index (χ2n) is 7.24. The molecule has 4 nitrogen and oxygen atoms in total. The first-order valence-electron chi connectivity index (χ1n) is 10.2. The summed E-state index contributed by atoms with van der Waals surface area (Å²) in [5, 5.41) is 3.53. The Morgan fingerprint density at radius 2 is 1.66 bits per heavy atom. The lowest BCUT2D eigenvalue weighted by atomic mass is 10.0. The zero-order valence-electron chi connectivity index (χ0n) is 16.7. The van der Waals surface area contributed by atoms with Gasteiger partial charge in [0, 0.05) is 18.7 Å². The molecule has 1 aliphatic heterocycles. The van der Waals surface area contributed by atoms with Crippen molar-refractivity contribution in [3.8, 4) is 5.75 Å². The third-order valence-corrected chi connectivity index (χ3v) is 5.18. The van der Waals surface area contributed by atoms with E-state index in [4.69, 9.17) is 4.74 Å². The quantitative estimate of drug-likeness (QED) is 0.600. The van der Waals surface area contributed by atoms with Gasteiger partial charge in [0.15, 0.2) is 0 Å². The average molecular weight is 386 g/mol. The van der Waals surface area contributed by atoms with Crippen molar-refractivity contribution in [1.82, 2.24) is 4.90 Å². The van der Waals surface area contributed by atoms with Crippen molar-refractivity contribution in [2.24, 2.45) is 0 Å². The molecule has 0 saturated carbocycles. The van der Waals surface area contributed by atoms with E-state index >= 15 is 0 Å². The molecule has 29 heavy (non-hydrogen) atoms. The highest BCUT2D eigenvalue weighted by Gasteiger charge is 2.32. The molecule has 0 radical (unpaired) electrons. The zero-order chi connectivity index (χ0) is 20.1. The Hall–Kier alpha value is -3.27. The van der Waals surface area contributed by atoms with Crippen LogP contribution in [0.5, 0.6) is 5.75 Å². The van der Waals surface area contributed by atoms with Gasteiger partial charge in [0.2, 0.25) is 0 Å². The summed E-state index contributed by atoms with van der Waals surface area (Å²) in [5.74, 6) is 0.920. The molecule has 148 valence electrons. The molecular weight excluding hydrogens is 360 g/mol. The van der Waals surface area contributed by atoms with Crippen LogP contribution in [0.15, 0.2) is 78.9 Å². The Kier molecular flexibility index (Phi) is 5.80. The SMILES string of the molecule is CCCN1C(=O)c2ccccc2NC1c1ccc(OCCc2ccccc2)cc1. The average Bonchev–Trinajstić information content (AvgIpc) is 2.77. The highest BCUT2D eigenvalue weighted by Crippen LogP contribution is 2.33. The number of benzene rings is 3. The fourth-order valence-electron chi connectivity index (χ4n) is 3.71. The molecule has 1 amide bonds. The van der Waals surface area contributed by atoms with Crippen LogP contribution in [0.2, 0.25) is 0 Å². The number of fused-ring (bicyclic) bond motifs is 1. The van der Waals surface area contributed by atoms with E-state index < -0.39 is 0 Å². The third kappa shape index (κ3) is 4.27. The first-order valence-corrected chi connectivity index (χ1v) is 10.2. The summed E-state index contributed by atoms with van der Waals surface area (Å²) in [7, 11) is 0. The molecule has 1 N–H and O–H groups in total. The van der Waals surface area contributed by atoms with Gasteiger partial charge >= 0.3 is 0 Å². The molecule has 0 spiro atoms. The highest BCUT2D eigenvalue weighted by molar-refractivity contribution is 6.01. The number of para-hydroxylation sites is 1. The van der Waals surface area contributed by atoms with E-state index in [1.807, 2.05) is 71.6 Å². The molecule has 3 aromatic carbocycles. The number of ether oxygens (including phenoxy) is 1. The van der Waals surface area contributed by atoms with Crippen LogP contribution in [-0.4, -0.2) is 24.0 Å². The lowest BCUT2D eigenvalue weighted by molar-refractivity contribution is 0.0683. The van der Waals surface area contributed by atoms with Crippen molar-refractivity contribution in [2.45, 2.75) is 25.9 Å². The van der Waals surface area contributed by atoms with Crippen LogP contribution in [0.25, 0.3) is 0 Å². The van der Waals surface area contributed by atoms with Gasteiger partial charge in [-0.05, 0) is 41.8 Å². The predicted octanol–water partition coefficient (Wildman–Crippen LogP) is 5.28. The first kappa shape index (κ1) is 19.1. The van der Waals surface area contributed by atoms with Crippen LogP contribution in [0, 0.1) is 0 Å². The van der Waals surface area contributed by atoms with Gasteiger partial charge in [-0.3, -0.25) is 4.79 Å². The first-order chi connectivity index (χ1) is 14.3. The van der Waals surface area contributed by atoms with Crippen LogP contribution in [0.4, 0.5) is 5.69 Å². The monoisotopic (exact) mass is 386 g/mol. The number of nitrogens with one attached hydrogen (secondary N) is 1. The standard InChI is InChI=1S/C25H26N2O2/c1-2-17-27-24(26-23-11-7-6-10-22(23)25(27)28)20-12-14-21(15-13-20)29-18-16-19-8-4-3-5-9-19/h3-15,24,26H,2,16-18H2,1H3. The molecule has 0 bridgehead atoms. The molecule has 0 saturated heterocycles. The van der Waals surface area contributed by atoms with E-state index in [1.165, 1.54) is 5.56 Å². The summed E-state index contributed by atoms with van der Waals surface area (Å²) in [5.41, 5.74) is 3.94. The summed E-state index contributed by atoms with van der Waals surface area (Å²) in [6.45, 7) is 3.44. The molecule has 0 aromatic heterocycles. The van der Waals surface area contributed by atoms with Gasteiger partial charge in [-0.1, -0.05) is 61.5 Å². The van der Waals surface area contributed by atoms with Crippen LogP contribution >= 0.6 is 0 Å². The van der Waals surface area contributed by atoms with E-state index in [-0.39, 0.29) is 12.1 Å². The number of amides is 1. The smallest absolute Gasteiger partial charge is 0.257 e. The largest absolute Gasteiger partial charge is 0.493 e. The number of carbonyl (C=O) groups excluding carboxylic acids is 1. The van der Waals surface area contributed by atoms with Crippen LogP contribution in [-0.2, 0) is 6.42 Å². The molecule has 3 aromatic rings. The van der Waals surface area contributed by atoms with Gasteiger partial charge in [0.25, 0.3) is 5.91 Å². The summed E-state index contributed by atoms with van der Waals surface area (Å²) < 4.78 is 5.90. The topological polar surface area (TPSA) is 41.6 Å². The summed E-state index contributed by atoms with van der Waals surface area (Å²) >= 11 is 0. The maximum Gasteiger partial charge on any atom is 0.257 e. The summed E-state index contributed by atoms with van der Waals surface area (Å²) in [6, 6.07) is 26.1. The molecule has 0 fully saturated rings. The van der Waals surface area contributed by atoms with Crippen molar-refractivity contribution in [1.29, 1.82) is 0 Å². The highest BCUT2D eigenvalue weighted by atomic mass is 16.5. The molecular formula is C25H26N2O2. The minimum absolute atomic E-state index is 0.0781. The molecule has 1 atom stereocenters. The van der Waals surface area contributed by atoms with Crippen molar-refractivity contribution in [2.75, 3.05) is 18.5 Å². The van der Waals surface area contributed by atoms with Gasteiger partial charge in [-0.2, -0.15) is 0 Å². The lowest BCUT2D eigenvalue weighted by Gasteiger charge is -2.38. The zero-order valence-corrected chi connectivity index (χ0v) is 16.7. The molecule has 1 unspecified atom stereocenters. The van der Waals surface area contributed by atoms with Crippen molar-refractivity contribution in [3.63, 3.8) is 0 Å². The van der Waals surface area contributed by atoms with Gasteiger partial charge < -0.3 is 15.0 Å². The predicted molar refractivity (Wildman–Crippen MR) is 116 cm³/mol. The van der Waals surface area contributed by atoms with Gasteiger partial charge in [-0.25, -0.2) is 0 Å². The normalized spacial score (nSPS) is 15.6. The van der Waals surface area contributed by atoms with E-state index in [0.29, 0.717) is 13.2 Å². The van der Waals surface area contributed by atoms with E-state index in [9.17, 15) is 4.79 Å². The minimum Gasteiger partial charge on any atom is -0.493 e. The Labute approximate surface area is 172 Å². The number of anilines is 1. The van der Waals surface area contributed by atoms with E-state index in [1.54, 1.807) is 0 Å². The fraction of sp³-hybridized carbons (Fsp3) is 0.240.